The molecule has 0 spiro atoms. The smallest absolute Gasteiger partial charge is 0.277 e. The van der Waals surface area contributed by atoms with Gasteiger partial charge in [-0.15, -0.1) is 0 Å². The molecule has 0 atom stereocenters. The SMILES string of the molecule is CC.Cc1cc(C(=O)Nc2ccccc2)no1. The molecule has 4 nitrogen and oxygen atoms in total. The van der Waals surface area contributed by atoms with Gasteiger partial charge in [0.1, 0.15) is 5.76 Å². The van der Waals surface area contributed by atoms with Crippen molar-refractivity contribution in [3.8, 4) is 0 Å². The third-order valence-corrected chi connectivity index (χ3v) is 1.89. The van der Waals surface area contributed by atoms with Gasteiger partial charge in [0.25, 0.3) is 5.91 Å². The topological polar surface area (TPSA) is 55.1 Å². The number of nitrogens with one attached hydrogen (secondary N) is 1. The Morgan fingerprint density at radius 1 is 1.24 bits per heavy atom. The van der Waals surface area contributed by atoms with Crippen molar-refractivity contribution < 1.29 is 9.32 Å². The third kappa shape index (κ3) is 3.75. The molecule has 1 amide bonds. The van der Waals surface area contributed by atoms with Gasteiger partial charge in [-0.1, -0.05) is 37.2 Å². The molecule has 4 heteroatoms. The van der Waals surface area contributed by atoms with Crippen molar-refractivity contribution in [2.24, 2.45) is 0 Å². The first-order valence-corrected chi connectivity index (χ1v) is 5.55. The fourth-order valence-corrected chi connectivity index (χ4v) is 1.19. The van der Waals surface area contributed by atoms with Gasteiger partial charge in [0.05, 0.1) is 0 Å². The van der Waals surface area contributed by atoms with E-state index in [4.69, 9.17) is 4.52 Å². The van der Waals surface area contributed by atoms with Gasteiger partial charge in [-0.2, -0.15) is 0 Å². The Kier molecular flexibility index (Phi) is 4.94. The Hall–Kier alpha value is -2.10. The number of carbonyl (C=O) groups is 1. The Balaban J connectivity index is 0.000000686. The quantitative estimate of drug-likeness (QED) is 0.864. The second-order valence-corrected chi connectivity index (χ2v) is 3.14. The Morgan fingerprint density at radius 2 is 1.88 bits per heavy atom. The summed E-state index contributed by atoms with van der Waals surface area (Å²) in [6.45, 7) is 5.74. The van der Waals surface area contributed by atoms with Crippen LogP contribution in [-0.2, 0) is 0 Å². The van der Waals surface area contributed by atoms with E-state index in [1.54, 1.807) is 13.0 Å². The molecule has 0 aliphatic carbocycles. The summed E-state index contributed by atoms with van der Waals surface area (Å²) in [6.07, 6.45) is 0. The van der Waals surface area contributed by atoms with E-state index >= 15 is 0 Å². The molecule has 2 aromatic rings. The predicted octanol–water partition coefficient (Wildman–Crippen LogP) is 3.26. The lowest BCUT2D eigenvalue weighted by Crippen LogP contribution is -2.11. The monoisotopic (exact) mass is 232 g/mol. The molecule has 0 radical (unpaired) electrons. The molecule has 17 heavy (non-hydrogen) atoms. The second-order valence-electron chi connectivity index (χ2n) is 3.14. The van der Waals surface area contributed by atoms with Crippen LogP contribution in [0.25, 0.3) is 0 Å². The first-order valence-electron chi connectivity index (χ1n) is 5.55. The Bertz CT molecular complexity index is 463. The highest BCUT2D eigenvalue weighted by Gasteiger charge is 2.10. The molecular formula is C13H16N2O2. The number of amides is 1. The van der Waals surface area contributed by atoms with Crippen molar-refractivity contribution >= 4 is 11.6 Å². The molecular weight excluding hydrogens is 216 g/mol. The van der Waals surface area contributed by atoms with E-state index in [0.717, 1.165) is 5.69 Å². The number of hydrogen-bond acceptors (Lipinski definition) is 3. The van der Waals surface area contributed by atoms with E-state index in [1.165, 1.54) is 0 Å². The fourth-order valence-electron chi connectivity index (χ4n) is 1.19. The standard InChI is InChI=1S/C11H10N2O2.C2H6/c1-8-7-10(13-15-8)11(14)12-9-5-3-2-4-6-9;1-2/h2-7H,1H3,(H,12,14);1-2H3. The first-order chi connectivity index (χ1) is 8.25. The minimum absolute atomic E-state index is 0.266. The van der Waals surface area contributed by atoms with Crippen molar-refractivity contribution in [3.05, 3.63) is 47.9 Å². The summed E-state index contributed by atoms with van der Waals surface area (Å²) in [5.41, 5.74) is 1.03. The maximum absolute atomic E-state index is 11.6. The van der Waals surface area contributed by atoms with E-state index < -0.39 is 0 Å². The van der Waals surface area contributed by atoms with Gasteiger partial charge in [0.15, 0.2) is 5.69 Å². The molecule has 1 N–H and O–H groups in total. The lowest BCUT2D eigenvalue weighted by atomic mass is 10.3. The molecule has 0 aliphatic heterocycles. The molecule has 1 heterocycles. The number of aromatic nitrogens is 1. The lowest BCUT2D eigenvalue weighted by molar-refractivity contribution is 0.101. The first kappa shape index (κ1) is 13.0. The van der Waals surface area contributed by atoms with Gasteiger partial charge >= 0.3 is 0 Å². The number of hydrogen-bond donors (Lipinski definition) is 1. The number of aryl methyl sites for hydroxylation is 1. The average molecular weight is 232 g/mol. The van der Waals surface area contributed by atoms with Crippen LogP contribution >= 0.6 is 0 Å². The maximum Gasteiger partial charge on any atom is 0.277 e. The number of nitrogens with zero attached hydrogens (tertiary/aromatic N) is 1. The summed E-state index contributed by atoms with van der Waals surface area (Å²) < 4.78 is 4.81. The summed E-state index contributed by atoms with van der Waals surface area (Å²) in [6, 6.07) is 10.8. The number of benzene rings is 1. The van der Waals surface area contributed by atoms with Crippen LogP contribution in [0.5, 0.6) is 0 Å². The largest absolute Gasteiger partial charge is 0.361 e. The minimum Gasteiger partial charge on any atom is -0.361 e. The van der Waals surface area contributed by atoms with Crippen molar-refractivity contribution in [1.29, 1.82) is 0 Å². The van der Waals surface area contributed by atoms with Gasteiger partial charge < -0.3 is 9.84 Å². The zero-order valence-corrected chi connectivity index (χ0v) is 10.2. The molecule has 0 unspecified atom stereocenters. The number of carbonyl (C=O) groups excluding carboxylic acids is 1. The van der Waals surface area contributed by atoms with Gasteiger partial charge in [-0.25, -0.2) is 0 Å². The van der Waals surface area contributed by atoms with Crippen molar-refractivity contribution in [3.63, 3.8) is 0 Å². The van der Waals surface area contributed by atoms with E-state index in [9.17, 15) is 4.79 Å². The summed E-state index contributed by atoms with van der Waals surface area (Å²) >= 11 is 0. The zero-order chi connectivity index (χ0) is 12.7. The molecule has 0 fully saturated rings. The van der Waals surface area contributed by atoms with E-state index in [1.807, 2.05) is 44.2 Å². The molecule has 0 saturated heterocycles. The van der Waals surface area contributed by atoms with Crippen LogP contribution in [0.4, 0.5) is 5.69 Å². The van der Waals surface area contributed by atoms with E-state index in [0.29, 0.717) is 5.76 Å². The van der Waals surface area contributed by atoms with Gasteiger partial charge in [0.2, 0.25) is 0 Å². The minimum atomic E-state index is -0.266. The van der Waals surface area contributed by atoms with E-state index in [2.05, 4.69) is 10.5 Å². The highest BCUT2D eigenvalue weighted by Crippen LogP contribution is 2.08. The molecule has 90 valence electrons. The molecule has 2 rings (SSSR count). The number of para-hydroxylation sites is 1. The van der Waals surface area contributed by atoms with Gasteiger partial charge in [-0.3, -0.25) is 4.79 Å². The summed E-state index contributed by atoms with van der Waals surface area (Å²) in [4.78, 5) is 11.6. The maximum atomic E-state index is 11.6. The molecule has 1 aromatic carbocycles. The highest BCUT2D eigenvalue weighted by molar-refractivity contribution is 6.02. The van der Waals surface area contributed by atoms with Crippen molar-refractivity contribution in [2.45, 2.75) is 20.8 Å². The van der Waals surface area contributed by atoms with Crippen LogP contribution in [0.3, 0.4) is 0 Å². The summed E-state index contributed by atoms with van der Waals surface area (Å²) in [5, 5.41) is 6.33. The van der Waals surface area contributed by atoms with Crippen LogP contribution in [0, 0.1) is 6.92 Å². The Morgan fingerprint density at radius 3 is 2.41 bits per heavy atom. The molecule has 0 bridgehead atoms. The van der Waals surface area contributed by atoms with Crippen LogP contribution < -0.4 is 5.32 Å². The molecule has 1 aromatic heterocycles. The van der Waals surface area contributed by atoms with Crippen LogP contribution in [0.1, 0.15) is 30.1 Å². The van der Waals surface area contributed by atoms with Crippen LogP contribution in [0.2, 0.25) is 0 Å². The molecule has 0 aliphatic rings. The summed E-state index contributed by atoms with van der Waals surface area (Å²) in [7, 11) is 0. The number of rotatable bonds is 2. The van der Waals surface area contributed by atoms with Crippen LogP contribution in [-0.4, -0.2) is 11.1 Å². The van der Waals surface area contributed by atoms with E-state index in [-0.39, 0.29) is 11.6 Å². The van der Waals surface area contributed by atoms with Crippen molar-refractivity contribution in [2.75, 3.05) is 5.32 Å². The van der Waals surface area contributed by atoms with Gasteiger partial charge in [-0.05, 0) is 19.1 Å². The Labute approximate surface area is 101 Å². The third-order valence-electron chi connectivity index (χ3n) is 1.89. The van der Waals surface area contributed by atoms with Crippen LogP contribution in [0.15, 0.2) is 40.9 Å². The number of anilines is 1. The molecule has 0 saturated carbocycles. The van der Waals surface area contributed by atoms with Crippen molar-refractivity contribution in [1.82, 2.24) is 5.16 Å². The predicted molar refractivity (Wildman–Crippen MR) is 67.0 cm³/mol. The zero-order valence-electron chi connectivity index (χ0n) is 10.2. The average Bonchev–Trinajstić information content (AvgIpc) is 2.80. The second kappa shape index (κ2) is 6.48. The highest BCUT2D eigenvalue weighted by atomic mass is 16.5. The normalized spacial score (nSPS) is 9.12. The summed E-state index contributed by atoms with van der Waals surface area (Å²) in [5.74, 6) is 0.353. The van der Waals surface area contributed by atoms with Gasteiger partial charge in [0, 0.05) is 11.8 Å². The lowest BCUT2D eigenvalue weighted by Gasteiger charge is -2.00. The fraction of sp³-hybridized carbons (Fsp3) is 0.231.